The molecule has 1 N–H and O–H groups in total. The zero-order valence-electron chi connectivity index (χ0n) is 17.6. The molecule has 1 amide bonds. The summed E-state index contributed by atoms with van der Waals surface area (Å²) in [7, 11) is -0.491. The lowest BCUT2D eigenvalue weighted by molar-refractivity contribution is -0.149. The van der Waals surface area contributed by atoms with Gasteiger partial charge in [-0.1, -0.05) is 6.07 Å². The van der Waals surface area contributed by atoms with Gasteiger partial charge in [0, 0.05) is 20.2 Å². The highest BCUT2D eigenvalue weighted by molar-refractivity contribution is 7.94. The van der Waals surface area contributed by atoms with E-state index in [-0.39, 0.29) is 4.21 Å². The molecule has 0 unspecified atom stereocenters. The molecule has 0 aliphatic heterocycles. The van der Waals surface area contributed by atoms with Gasteiger partial charge in [0.15, 0.2) is 13.2 Å². The minimum Gasteiger partial charge on any atom is -0.482 e. The summed E-state index contributed by atoms with van der Waals surface area (Å²) in [5.41, 5.74) is 1.19. The van der Waals surface area contributed by atoms with E-state index in [2.05, 4.69) is 10.4 Å². The molecule has 1 aromatic carbocycles. The second kappa shape index (κ2) is 9.83. The maximum absolute atomic E-state index is 12.6. The number of esters is 1. The second-order valence-corrected chi connectivity index (χ2v) is 9.83. The summed E-state index contributed by atoms with van der Waals surface area (Å²) in [6.45, 7) is 0.928. The second-order valence-electron chi connectivity index (χ2n) is 6.69. The van der Waals surface area contributed by atoms with Crippen molar-refractivity contribution in [3.05, 3.63) is 53.5 Å². The molecular formula is C20H22N4O6S2. The van der Waals surface area contributed by atoms with Crippen LogP contribution in [0.5, 0.6) is 5.75 Å². The zero-order valence-corrected chi connectivity index (χ0v) is 19.3. The molecule has 0 spiro atoms. The number of nitrogens with zero attached hydrogens (tertiary/aromatic N) is 3. The van der Waals surface area contributed by atoms with Gasteiger partial charge in [0.2, 0.25) is 0 Å². The first-order valence-electron chi connectivity index (χ1n) is 9.38. The van der Waals surface area contributed by atoms with Gasteiger partial charge in [0.25, 0.3) is 15.9 Å². The topological polar surface area (TPSA) is 120 Å². The number of aryl methyl sites for hydroxylation is 2. The van der Waals surface area contributed by atoms with E-state index in [4.69, 9.17) is 9.47 Å². The first-order chi connectivity index (χ1) is 15.2. The summed E-state index contributed by atoms with van der Waals surface area (Å²) >= 11 is 1.14. The number of thiophene rings is 1. The van der Waals surface area contributed by atoms with Crippen LogP contribution in [0, 0.1) is 6.92 Å². The predicted molar refractivity (Wildman–Crippen MR) is 119 cm³/mol. The normalized spacial score (nSPS) is 11.1. The van der Waals surface area contributed by atoms with Crippen molar-refractivity contribution in [1.82, 2.24) is 9.78 Å². The van der Waals surface area contributed by atoms with Crippen LogP contribution in [0.4, 0.5) is 11.5 Å². The molecule has 170 valence electrons. The smallest absolute Gasteiger partial charge is 0.344 e. The summed E-state index contributed by atoms with van der Waals surface area (Å²) in [6.07, 6.45) is 0. The number of nitrogens with one attached hydrogen (secondary N) is 1. The summed E-state index contributed by atoms with van der Waals surface area (Å²) in [4.78, 5) is 23.7. The molecule has 3 aromatic rings. The Morgan fingerprint density at radius 1 is 1.19 bits per heavy atom. The number of rotatable bonds is 9. The Hall–Kier alpha value is -3.38. The molecule has 0 saturated carbocycles. The number of carbonyl (C=O) groups excluding carboxylic acids is 2. The molecule has 0 fully saturated rings. The molecule has 2 heterocycles. The van der Waals surface area contributed by atoms with E-state index in [0.717, 1.165) is 17.0 Å². The summed E-state index contributed by atoms with van der Waals surface area (Å²) in [5.74, 6) is -0.378. The molecule has 10 nitrogen and oxygen atoms in total. The first-order valence-corrected chi connectivity index (χ1v) is 11.7. The Labute approximate surface area is 189 Å². The van der Waals surface area contributed by atoms with Gasteiger partial charge in [-0.05, 0) is 42.6 Å². The van der Waals surface area contributed by atoms with Gasteiger partial charge in [0.05, 0.1) is 11.4 Å². The number of hydrogen-bond donors (Lipinski definition) is 1. The fourth-order valence-corrected chi connectivity index (χ4v) is 5.03. The summed E-state index contributed by atoms with van der Waals surface area (Å²) in [6, 6.07) is 11.1. The molecule has 32 heavy (non-hydrogen) atoms. The predicted octanol–water partition coefficient (Wildman–Crippen LogP) is 2.18. The van der Waals surface area contributed by atoms with Crippen LogP contribution < -0.4 is 14.4 Å². The number of ether oxygens (including phenoxy) is 2. The number of carbonyl (C=O) groups is 2. The molecule has 2 aromatic heterocycles. The monoisotopic (exact) mass is 478 g/mol. The minimum absolute atomic E-state index is 0.241. The molecule has 12 heteroatoms. The highest BCUT2D eigenvalue weighted by atomic mass is 32.2. The fraction of sp³-hybridized carbons (Fsp3) is 0.250. The molecule has 3 rings (SSSR count). The standard InChI is InChI=1S/C20H22N4O6S2/c1-14-11-17(23(2)22-14)21-18(25)12-30-19(26)13-29-16-8-6-15(7-9-16)24(3)32(27,28)20-5-4-10-31-20/h4-11H,12-13H2,1-3H3,(H,21,25). The van der Waals surface area contributed by atoms with Crippen LogP contribution in [0.1, 0.15) is 5.69 Å². The van der Waals surface area contributed by atoms with Crippen molar-refractivity contribution in [2.24, 2.45) is 7.05 Å². The van der Waals surface area contributed by atoms with Gasteiger partial charge >= 0.3 is 5.97 Å². The Kier molecular flexibility index (Phi) is 7.15. The molecule has 0 aliphatic rings. The van der Waals surface area contributed by atoms with E-state index < -0.39 is 35.1 Å². The largest absolute Gasteiger partial charge is 0.482 e. The van der Waals surface area contributed by atoms with Crippen LogP contribution >= 0.6 is 11.3 Å². The maximum Gasteiger partial charge on any atom is 0.344 e. The lowest BCUT2D eigenvalue weighted by atomic mass is 10.3. The zero-order chi connectivity index (χ0) is 23.3. The fourth-order valence-electron chi connectivity index (χ4n) is 2.67. The lowest BCUT2D eigenvalue weighted by Crippen LogP contribution is -2.25. The molecule has 0 atom stereocenters. The summed E-state index contributed by atoms with van der Waals surface area (Å²) < 4.78 is 38.3. The molecule has 0 saturated heterocycles. The highest BCUT2D eigenvalue weighted by Gasteiger charge is 2.22. The van der Waals surface area contributed by atoms with Gasteiger partial charge in [-0.3, -0.25) is 13.8 Å². The number of amides is 1. The highest BCUT2D eigenvalue weighted by Crippen LogP contribution is 2.26. The third-order valence-electron chi connectivity index (χ3n) is 4.30. The molecule has 0 aliphatic carbocycles. The van der Waals surface area contributed by atoms with Crippen LogP contribution in [-0.2, 0) is 31.4 Å². The third kappa shape index (κ3) is 5.65. The third-order valence-corrected chi connectivity index (χ3v) is 7.46. The summed E-state index contributed by atoms with van der Waals surface area (Å²) in [5, 5.41) is 8.39. The van der Waals surface area contributed by atoms with Crippen molar-refractivity contribution in [3.63, 3.8) is 0 Å². The van der Waals surface area contributed by atoms with E-state index in [9.17, 15) is 18.0 Å². The van der Waals surface area contributed by atoms with E-state index in [1.54, 1.807) is 55.7 Å². The van der Waals surface area contributed by atoms with E-state index in [1.807, 2.05) is 0 Å². The van der Waals surface area contributed by atoms with Crippen molar-refractivity contribution >= 4 is 44.7 Å². The number of sulfonamides is 1. The molecular weight excluding hydrogens is 456 g/mol. The van der Waals surface area contributed by atoms with Gasteiger partial charge in [-0.2, -0.15) is 5.10 Å². The van der Waals surface area contributed by atoms with Crippen LogP contribution in [0.2, 0.25) is 0 Å². The lowest BCUT2D eigenvalue weighted by Gasteiger charge is -2.18. The van der Waals surface area contributed by atoms with E-state index in [1.165, 1.54) is 22.1 Å². The van der Waals surface area contributed by atoms with Crippen molar-refractivity contribution in [2.45, 2.75) is 11.1 Å². The first kappa shape index (κ1) is 23.3. The Bertz CT molecular complexity index is 1190. The van der Waals surface area contributed by atoms with Crippen molar-refractivity contribution < 1.29 is 27.5 Å². The number of aromatic nitrogens is 2. The Balaban J connectivity index is 1.47. The molecule has 0 bridgehead atoms. The average molecular weight is 479 g/mol. The molecule has 0 radical (unpaired) electrons. The van der Waals surface area contributed by atoms with Gasteiger partial charge in [0.1, 0.15) is 15.8 Å². The van der Waals surface area contributed by atoms with E-state index in [0.29, 0.717) is 17.3 Å². The average Bonchev–Trinajstić information content (AvgIpc) is 3.41. The SMILES string of the molecule is Cc1cc(NC(=O)COC(=O)COc2ccc(N(C)S(=O)(=O)c3cccs3)cc2)n(C)n1. The maximum atomic E-state index is 12.6. The van der Waals surface area contributed by atoms with Gasteiger partial charge in [-0.25, -0.2) is 13.2 Å². The van der Waals surface area contributed by atoms with Crippen molar-refractivity contribution in [1.29, 1.82) is 0 Å². The minimum atomic E-state index is -3.63. The van der Waals surface area contributed by atoms with Crippen LogP contribution in [0.25, 0.3) is 0 Å². The van der Waals surface area contributed by atoms with Crippen molar-refractivity contribution in [3.8, 4) is 5.75 Å². The van der Waals surface area contributed by atoms with Crippen molar-refractivity contribution in [2.75, 3.05) is 29.9 Å². The Morgan fingerprint density at radius 2 is 1.91 bits per heavy atom. The van der Waals surface area contributed by atoms with Crippen LogP contribution in [0.3, 0.4) is 0 Å². The number of benzene rings is 1. The van der Waals surface area contributed by atoms with Crippen LogP contribution in [-0.4, -0.2) is 50.3 Å². The number of anilines is 2. The van der Waals surface area contributed by atoms with E-state index >= 15 is 0 Å². The van der Waals surface area contributed by atoms with Gasteiger partial charge < -0.3 is 14.8 Å². The Morgan fingerprint density at radius 3 is 2.50 bits per heavy atom. The van der Waals surface area contributed by atoms with Crippen LogP contribution in [0.15, 0.2) is 52.1 Å². The van der Waals surface area contributed by atoms with Gasteiger partial charge in [-0.15, -0.1) is 11.3 Å². The number of hydrogen-bond acceptors (Lipinski definition) is 8. The quantitative estimate of drug-likeness (QED) is 0.468.